The first-order chi connectivity index (χ1) is 10.5. The second kappa shape index (κ2) is 6.98. The highest BCUT2D eigenvalue weighted by Gasteiger charge is 2.22. The van der Waals surface area contributed by atoms with Gasteiger partial charge in [-0.25, -0.2) is 0 Å². The molecule has 0 aliphatic rings. The summed E-state index contributed by atoms with van der Waals surface area (Å²) in [5.74, 6) is -0.461. The molecule has 0 saturated heterocycles. The van der Waals surface area contributed by atoms with E-state index in [4.69, 9.17) is 0 Å². The van der Waals surface area contributed by atoms with Crippen LogP contribution >= 0.6 is 0 Å². The number of carbonyl (C=O) groups excluding carboxylic acids is 1. The van der Waals surface area contributed by atoms with Crippen molar-refractivity contribution in [3.63, 3.8) is 0 Å². The Bertz CT molecular complexity index is 660. The number of benzene rings is 2. The molecule has 4 nitrogen and oxygen atoms in total. The molecule has 0 unspecified atom stereocenters. The van der Waals surface area contributed by atoms with E-state index < -0.39 is 5.92 Å². The third kappa shape index (κ3) is 4.25. The predicted octanol–water partition coefficient (Wildman–Crippen LogP) is 3.94. The van der Waals surface area contributed by atoms with E-state index in [1.165, 1.54) is 0 Å². The van der Waals surface area contributed by atoms with Gasteiger partial charge >= 0.3 is 0 Å². The summed E-state index contributed by atoms with van der Waals surface area (Å²) in [7, 11) is 0. The highest BCUT2D eigenvalue weighted by atomic mass is 16.6. The van der Waals surface area contributed by atoms with E-state index in [1.807, 2.05) is 50.2 Å². The van der Waals surface area contributed by atoms with Crippen molar-refractivity contribution in [3.05, 3.63) is 80.9 Å². The maximum absolute atomic E-state index is 12.4. The average molecular weight is 297 g/mol. The van der Waals surface area contributed by atoms with Crippen LogP contribution in [0.5, 0.6) is 0 Å². The van der Waals surface area contributed by atoms with Gasteiger partial charge < -0.3 is 0 Å². The van der Waals surface area contributed by atoms with Crippen LogP contribution in [0.15, 0.2) is 48.5 Å². The van der Waals surface area contributed by atoms with E-state index in [2.05, 4.69) is 0 Å². The lowest BCUT2D eigenvalue weighted by molar-refractivity contribution is -0.483. The standard InChI is InChI=1S/C18H19NO3/c1-13-3-7-15(8-4-13)17(12-19(21)22)11-18(20)16-9-5-14(2)6-10-16/h3-10,17H,11-12H2,1-2H3/t17-/m1/s1. The van der Waals surface area contributed by atoms with Crippen molar-refractivity contribution in [2.24, 2.45) is 0 Å². The van der Waals surface area contributed by atoms with Gasteiger partial charge in [0.05, 0.1) is 5.92 Å². The zero-order valence-electron chi connectivity index (χ0n) is 12.8. The number of carbonyl (C=O) groups is 1. The molecular formula is C18H19NO3. The zero-order valence-corrected chi connectivity index (χ0v) is 12.8. The van der Waals surface area contributed by atoms with Crippen LogP contribution in [0.25, 0.3) is 0 Å². The molecule has 22 heavy (non-hydrogen) atoms. The fourth-order valence-electron chi connectivity index (χ4n) is 2.39. The Morgan fingerprint density at radius 1 is 1.00 bits per heavy atom. The van der Waals surface area contributed by atoms with Crippen molar-refractivity contribution in [2.75, 3.05) is 6.54 Å². The summed E-state index contributed by atoms with van der Waals surface area (Å²) >= 11 is 0. The quantitative estimate of drug-likeness (QED) is 0.461. The van der Waals surface area contributed by atoms with Crippen molar-refractivity contribution in [1.82, 2.24) is 0 Å². The Labute approximate surface area is 129 Å². The number of Topliss-reactive ketones (excluding diaryl/α,β-unsaturated/α-hetero) is 1. The van der Waals surface area contributed by atoms with Crippen LogP contribution in [0, 0.1) is 24.0 Å². The second-order valence-electron chi connectivity index (χ2n) is 5.62. The third-order valence-corrected chi connectivity index (χ3v) is 3.72. The summed E-state index contributed by atoms with van der Waals surface area (Å²) in [4.78, 5) is 22.9. The Kier molecular flexibility index (Phi) is 5.04. The molecule has 0 bridgehead atoms. The van der Waals surface area contributed by atoms with Crippen LogP contribution in [0.1, 0.15) is 39.4 Å². The maximum Gasteiger partial charge on any atom is 0.211 e. The molecule has 0 saturated carbocycles. The van der Waals surface area contributed by atoms with Crippen LogP contribution < -0.4 is 0 Å². The summed E-state index contributed by atoms with van der Waals surface area (Å²) in [5, 5.41) is 10.9. The molecule has 114 valence electrons. The van der Waals surface area contributed by atoms with E-state index in [-0.39, 0.29) is 23.7 Å². The smallest absolute Gasteiger partial charge is 0.211 e. The Balaban J connectivity index is 2.19. The van der Waals surface area contributed by atoms with Gasteiger partial charge in [0.25, 0.3) is 0 Å². The van der Waals surface area contributed by atoms with Crippen molar-refractivity contribution < 1.29 is 9.72 Å². The number of aryl methyl sites for hydroxylation is 2. The first-order valence-electron chi connectivity index (χ1n) is 7.24. The lowest BCUT2D eigenvalue weighted by atomic mass is 9.91. The van der Waals surface area contributed by atoms with Gasteiger partial charge in [0.1, 0.15) is 0 Å². The predicted molar refractivity (Wildman–Crippen MR) is 85.9 cm³/mol. The van der Waals surface area contributed by atoms with Gasteiger partial charge in [0.15, 0.2) is 5.78 Å². The summed E-state index contributed by atoms with van der Waals surface area (Å²) in [6, 6.07) is 14.9. The molecule has 0 aliphatic carbocycles. The molecule has 0 radical (unpaired) electrons. The molecule has 2 aromatic carbocycles. The molecule has 1 atom stereocenters. The lowest BCUT2D eigenvalue weighted by Gasteiger charge is -2.13. The van der Waals surface area contributed by atoms with Crippen LogP contribution in [0.2, 0.25) is 0 Å². The van der Waals surface area contributed by atoms with E-state index in [0.717, 1.165) is 16.7 Å². The van der Waals surface area contributed by atoms with Crippen molar-refractivity contribution in [1.29, 1.82) is 0 Å². The van der Waals surface area contributed by atoms with Crippen LogP contribution in [0.4, 0.5) is 0 Å². The Hall–Kier alpha value is -2.49. The first kappa shape index (κ1) is 15.9. The zero-order chi connectivity index (χ0) is 16.1. The number of rotatable bonds is 6. The summed E-state index contributed by atoms with van der Waals surface area (Å²) in [6.45, 7) is 3.68. The molecule has 0 N–H and O–H groups in total. The fraction of sp³-hybridized carbons (Fsp3) is 0.278. The fourth-order valence-corrected chi connectivity index (χ4v) is 2.39. The van der Waals surface area contributed by atoms with Gasteiger partial charge in [-0.3, -0.25) is 14.9 Å². The normalized spacial score (nSPS) is 11.9. The topological polar surface area (TPSA) is 60.2 Å². The molecule has 0 aliphatic heterocycles. The highest BCUT2D eigenvalue weighted by molar-refractivity contribution is 5.96. The lowest BCUT2D eigenvalue weighted by Crippen LogP contribution is -2.16. The van der Waals surface area contributed by atoms with Gasteiger partial charge in [0, 0.05) is 16.9 Å². The number of hydrogen-bond acceptors (Lipinski definition) is 3. The van der Waals surface area contributed by atoms with Crippen molar-refractivity contribution in [3.8, 4) is 0 Å². The van der Waals surface area contributed by atoms with E-state index in [1.54, 1.807) is 12.1 Å². The molecule has 4 heteroatoms. The minimum absolute atomic E-state index is 0.0626. The van der Waals surface area contributed by atoms with Crippen LogP contribution in [0.3, 0.4) is 0 Å². The molecular weight excluding hydrogens is 278 g/mol. The third-order valence-electron chi connectivity index (χ3n) is 3.72. The molecule has 0 amide bonds. The van der Waals surface area contributed by atoms with Gasteiger partial charge in [-0.05, 0) is 19.4 Å². The Morgan fingerprint density at radius 3 is 2.00 bits per heavy atom. The monoisotopic (exact) mass is 297 g/mol. The Morgan fingerprint density at radius 2 is 1.50 bits per heavy atom. The number of hydrogen-bond donors (Lipinski definition) is 0. The van der Waals surface area contributed by atoms with E-state index >= 15 is 0 Å². The number of ketones is 1. The van der Waals surface area contributed by atoms with Gasteiger partial charge in [-0.15, -0.1) is 0 Å². The van der Waals surface area contributed by atoms with E-state index in [9.17, 15) is 14.9 Å². The van der Waals surface area contributed by atoms with Gasteiger partial charge in [0.2, 0.25) is 6.54 Å². The van der Waals surface area contributed by atoms with Crippen molar-refractivity contribution >= 4 is 5.78 Å². The number of nitro groups is 1. The van der Waals surface area contributed by atoms with Gasteiger partial charge in [-0.1, -0.05) is 59.7 Å². The molecule has 2 rings (SSSR count). The molecule has 0 aromatic heterocycles. The highest BCUT2D eigenvalue weighted by Crippen LogP contribution is 2.23. The SMILES string of the molecule is Cc1ccc(C(=O)C[C@H](C[N+](=O)[O-])c2ccc(C)cc2)cc1. The summed E-state index contributed by atoms with van der Waals surface area (Å²) in [6.07, 6.45) is 0.146. The average Bonchev–Trinajstić information content (AvgIpc) is 2.47. The number of nitrogens with zero attached hydrogens (tertiary/aromatic N) is 1. The van der Waals surface area contributed by atoms with Gasteiger partial charge in [-0.2, -0.15) is 0 Å². The van der Waals surface area contributed by atoms with E-state index in [0.29, 0.717) is 5.56 Å². The minimum atomic E-state index is -0.399. The minimum Gasteiger partial charge on any atom is -0.294 e. The largest absolute Gasteiger partial charge is 0.294 e. The van der Waals surface area contributed by atoms with Crippen LogP contribution in [-0.4, -0.2) is 17.3 Å². The molecule has 0 fully saturated rings. The maximum atomic E-state index is 12.4. The van der Waals surface area contributed by atoms with Crippen molar-refractivity contribution in [2.45, 2.75) is 26.2 Å². The molecule has 0 spiro atoms. The van der Waals surface area contributed by atoms with Crippen LogP contribution in [-0.2, 0) is 0 Å². The molecule has 2 aromatic rings. The summed E-state index contributed by atoms with van der Waals surface area (Å²) in [5.41, 5.74) is 3.61. The second-order valence-corrected chi connectivity index (χ2v) is 5.62. The molecule has 0 heterocycles. The summed E-state index contributed by atoms with van der Waals surface area (Å²) < 4.78 is 0. The first-order valence-corrected chi connectivity index (χ1v) is 7.24.